The number of amides is 1. The maximum absolute atomic E-state index is 12.2. The standard InChI is InChI=1S/C18H16N2O3/c1-12(16(18(22)23)14-5-3-2-4-6-14)20-17(21)15-9-7-13(11-19)8-10-15/h2-10,12,16H,1H3,(H,20,21)(H,22,23)/t12-,16?/m1/s1. The van der Waals surface area contributed by atoms with Crippen molar-refractivity contribution in [1.82, 2.24) is 5.32 Å². The van der Waals surface area contributed by atoms with Crippen molar-refractivity contribution in [3.63, 3.8) is 0 Å². The van der Waals surface area contributed by atoms with Crippen LogP contribution in [0.4, 0.5) is 0 Å². The molecule has 1 amide bonds. The van der Waals surface area contributed by atoms with Crippen molar-refractivity contribution >= 4 is 11.9 Å². The lowest BCUT2D eigenvalue weighted by Gasteiger charge is -2.22. The lowest BCUT2D eigenvalue weighted by molar-refractivity contribution is -0.139. The molecule has 116 valence electrons. The lowest BCUT2D eigenvalue weighted by Crippen LogP contribution is -2.40. The zero-order valence-electron chi connectivity index (χ0n) is 12.6. The highest BCUT2D eigenvalue weighted by Crippen LogP contribution is 2.20. The van der Waals surface area contributed by atoms with Gasteiger partial charge in [0.2, 0.25) is 0 Å². The Bertz CT molecular complexity index is 733. The van der Waals surface area contributed by atoms with Crippen LogP contribution >= 0.6 is 0 Å². The molecule has 0 aliphatic carbocycles. The number of rotatable bonds is 5. The average molecular weight is 308 g/mol. The van der Waals surface area contributed by atoms with Crippen molar-refractivity contribution in [1.29, 1.82) is 5.26 Å². The summed E-state index contributed by atoms with van der Waals surface area (Å²) < 4.78 is 0. The first kappa shape index (κ1) is 16.2. The molecule has 0 bridgehead atoms. The minimum atomic E-state index is -0.996. The molecule has 0 fully saturated rings. The van der Waals surface area contributed by atoms with E-state index >= 15 is 0 Å². The molecule has 0 saturated heterocycles. The maximum Gasteiger partial charge on any atom is 0.313 e. The van der Waals surface area contributed by atoms with Crippen LogP contribution in [0, 0.1) is 11.3 Å². The zero-order chi connectivity index (χ0) is 16.8. The molecule has 0 saturated carbocycles. The predicted octanol–water partition coefficient (Wildman–Crippen LogP) is 2.54. The van der Waals surface area contributed by atoms with Gasteiger partial charge in [-0.2, -0.15) is 5.26 Å². The summed E-state index contributed by atoms with van der Waals surface area (Å²) in [4.78, 5) is 23.8. The van der Waals surface area contributed by atoms with Crippen LogP contribution in [0.25, 0.3) is 0 Å². The summed E-state index contributed by atoms with van der Waals surface area (Å²) >= 11 is 0. The van der Waals surface area contributed by atoms with Gasteiger partial charge in [-0.15, -0.1) is 0 Å². The molecule has 23 heavy (non-hydrogen) atoms. The lowest BCUT2D eigenvalue weighted by atomic mass is 9.92. The van der Waals surface area contributed by atoms with Gasteiger partial charge < -0.3 is 10.4 Å². The highest BCUT2D eigenvalue weighted by Gasteiger charge is 2.27. The molecule has 0 heterocycles. The van der Waals surface area contributed by atoms with E-state index in [4.69, 9.17) is 5.26 Å². The minimum Gasteiger partial charge on any atom is -0.481 e. The second kappa shape index (κ2) is 7.23. The molecule has 0 radical (unpaired) electrons. The molecule has 2 aromatic carbocycles. The number of nitrogens with one attached hydrogen (secondary N) is 1. The SMILES string of the molecule is C[C@@H](NC(=O)c1ccc(C#N)cc1)C(C(=O)O)c1ccccc1. The third-order valence-corrected chi connectivity index (χ3v) is 3.56. The Balaban J connectivity index is 2.15. The molecule has 0 aliphatic heterocycles. The van der Waals surface area contributed by atoms with E-state index in [1.165, 1.54) is 0 Å². The van der Waals surface area contributed by atoms with E-state index in [1.54, 1.807) is 55.5 Å². The second-order valence-corrected chi connectivity index (χ2v) is 5.18. The van der Waals surface area contributed by atoms with Gasteiger partial charge in [-0.05, 0) is 36.8 Å². The number of carbonyl (C=O) groups is 2. The third-order valence-electron chi connectivity index (χ3n) is 3.56. The van der Waals surface area contributed by atoms with Crippen LogP contribution in [0.5, 0.6) is 0 Å². The van der Waals surface area contributed by atoms with Crippen LogP contribution in [-0.4, -0.2) is 23.0 Å². The highest BCUT2D eigenvalue weighted by atomic mass is 16.4. The Morgan fingerprint density at radius 3 is 2.22 bits per heavy atom. The number of hydrogen-bond donors (Lipinski definition) is 2. The summed E-state index contributed by atoms with van der Waals surface area (Å²) in [5.74, 6) is -2.20. The second-order valence-electron chi connectivity index (χ2n) is 5.18. The molecule has 2 N–H and O–H groups in total. The molecule has 0 spiro atoms. The number of nitrogens with zero attached hydrogens (tertiary/aromatic N) is 1. The predicted molar refractivity (Wildman–Crippen MR) is 84.9 cm³/mol. The van der Waals surface area contributed by atoms with Crippen molar-refractivity contribution < 1.29 is 14.7 Å². The van der Waals surface area contributed by atoms with E-state index in [0.717, 1.165) is 0 Å². The molecular weight excluding hydrogens is 292 g/mol. The Morgan fingerprint density at radius 2 is 1.70 bits per heavy atom. The molecule has 0 aliphatic rings. The van der Waals surface area contributed by atoms with Crippen LogP contribution in [0.3, 0.4) is 0 Å². The van der Waals surface area contributed by atoms with Crippen molar-refractivity contribution in [2.24, 2.45) is 0 Å². The Morgan fingerprint density at radius 1 is 1.09 bits per heavy atom. The summed E-state index contributed by atoms with van der Waals surface area (Å²) in [6.45, 7) is 1.66. The van der Waals surface area contributed by atoms with Gasteiger partial charge in [0.25, 0.3) is 5.91 Å². The number of hydrogen-bond acceptors (Lipinski definition) is 3. The molecule has 5 nitrogen and oxygen atoms in total. The monoisotopic (exact) mass is 308 g/mol. The fourth-order valence-electron chi connectivity index (χ4n) is 2.38. The number of benzene rings is 2. The summed E-state index contributed by atoms with van der Waals surface area (Å²) in [5.41, 5.74) is 1.47. The van der Waals surface area contributed by atoms with Gasteiger partial charge in [0.1, 0.15) is 5.92 Å². The van der Waals surface area contributed by atoms with E-state index in [1.807, 2.05) is 12.1 Å². The van der Waals surface area contributed by atoms with Crippen molar-refractivity contribution in [2.75, 3.05) is 0 Å². The molecular formula is C18H16N2O3. The smallest absolute Gasteiger partial charge is 0.313 e. The Hall–Kier alpha value is -3.13. The molecule has 5 heteroatoms. The minimum absolute atomic E-state index is 0.371. The number of aliphatic carboxylic acids is 1. The molecule has 2 atom stereocenters. The molecule has 2 rings (SSSR count). The fraction of sp³-hybridized carbons (Fsp3) is 0.167. The van der Waals surface area contributed by atoms with Crippen molar-refractivity contribution in [3.8, 4) is 6.07 Å². The van der Waals surface area contributed by atoms with Gasteiger partial charge in [0.05, 0.1) is 11.6 Å². The van der Waals surface area contributed by atoms with Crippen LogP contribution in [0.2, 0.25) is 0 Å². The number of carboxylic acids is 1. The van der Waals surface area contributed by atoms with E-state index in [0.29, 0.717) is 16.7 Å². The van der Waals surface area contributed by atoms with E-state index in [9.17, 15) is 14.7 Å². The van der Waals surface area contributed by atoms with E-state index in [-0.39, 0.29) is 5.91 Å². The third kappa shape index (κ3) is 3.95. The van der Waals surface area contributed by atoms with Gasteiger partial charge in [-0.25, -0.2) is 0 Å². The van der Waals surface area contributed by atoms with Crippen molar-refractivity contribution in [3.05, 3.63) is 71.3 Å². The molecule has 2 aromatic rings. The first-order valence-corrected chi connectivity index (χ1v) is 7.11. The summed E-state index contributed by atoms with van der Waals surface area (Å²) in [5, 5.41) is 20.9. The number of carboxylic acid groups (broad SMARTS) is 1. The topological polar surface area (TPSA) is 90.2 Å². The van der Waals surface area contributed by atoms with E-state index in [2.05, 4.69) is 5.32 Å². The quantitative estimate of drug-likeness (QED) is 0.888. The van der Waals surface area contributed by atoms with Crippen molar-refractivity contribution in [2.45, 2.75) is 18.9 Å². The summed E-state index contributed by atoms with van der Waals surface area (Å²) in [6.07, 6.45) is 0. The van der Waals surface area contributed by atoms with E-state index < -0.39 is 17.9 Å². The number of carbonyl (C=O) groups excluding carboxylic acids is 1. The Kier molecular flexibility index (Phi) is 5.11. The first-order valence-electron chi connectivity index (χ1n) is 7.11. The first-order chi connectivity index (χ1) is 11.0. The maximum atomic E-state index is 12.2. The van der Waals surface area contributed by atoms with Gasteiger partial charge in [0.15, 0.2) is 0 Å². The molecule has 1 unspecified atom stereocenters. The molecule has 0 aromatic heterocycles. The number of nitriles is 1. The van der Waals surface area contributed by atoms with Crippen LogP contribution in [0.1, 0.15) is 34.3 Å². The van der Waals surface area contributed by atoms with Gasteiger partial charge in [-0.1, -0.05) is 30.3 Å². The summed E-state index contributed by atoms with van der Waals surface area (Å²) in [6, 6.07) is 16.4. The van der Waals surface area contributed by atoms with Crippen LogP contribution in [0.15, 0.2) is 54.6 Å². The van der Waals surface area contributed by atoms with Gasteiger partial charge >= 0.3 is 5.97 Å². The van der Waals surface area contributed by atoms with Crippen LogP contribution < -0.4 is 5.32 Å². The summed E-state index contributed by atoms with van der Waals surface area (Å²) in [7, 11) is 0. The van der Waals surface area contributed by atoms with Gasteiger partial charge in [-0.3, -0.25) is 9.59 Å². The average Bonchev–Trinajstić information content (AvgIpc) is 2.55. The normalized spacial score (nSPS) is 12.7. The van der Waals surface area contributed by atoms with Crippen LogP contribution in [-0.2, 0) is 4.79 Å². The van der Waals surface area contributed by atoms with Gasteiger partial charge in [0, 0.05) is 11.6 Å². The fourth-order valence-corrected chi connectivity index (χ4v) is 2.38. The highest BCUT2D eigenvalue weighted by molar-refractivity contribution is 5.95. The Labute approximate surface area is 134 Å². The largest absolute Gasteiger partial charge is 0.481 e. The zero-order valence-corrected chi connectivity index (χ0v) is 12.6.